The summed E-state index contributed by atoms with van der Waals surface area (Å²) in [6, 6.07) is 3.52. The highest BCUT2D eigenvalue weighted by molar-refractivity contribution is 5.90. The third kappa shape index (κ3) is 12.1. The van der Waals surface area contributed by atoms with Crippen LogP contribution in [0.25, 0.3) is 0 Å². The number of carbonyl (C=O) groups excluding carboxylic acids is 4. The molecule has 14 heteroatoms. The molecule has 4 amide bonds. The summed E-state index contributed by atoms with van der Waals surface area (Å²) >= 11 is 0. The summed E-state index contributed by atoms with van der Waals surface area (Å²) < 4.78 is 11.9. The van der Waals surface area contributed by atoms with E-state index in [9.17, 15) is 29.1 Å². The number of benzene rings is 1. The lowest BCUT2D eigenvalue weighted by atomic mass is 9.89. The first-order chi connectivity index (χ1) is 25.3. The number of nitrogens with two attached hydrogens (primary N) is 1. The smallest absolute Gasteiger partial charge is 0.326 e. The fourth-order valence-electron chi connectivity index (χ4n) is 7.80. The number of anilines is 1. The first-order valence-corrected chi connectivity index (χ1v) is 19.3. The zero-order valence-corrected chi connectivity index (χ0v) is 34.6. The average molecular weight is 761 g/mol. The first kappa shape index (κ1) is 46.4. The molecule has 14 nitrogen and oxygen atoms in total. The lowest BCUT2D eigenvalue weighted by Gasteiger charge is -2.41. The maximum absolute atomic E-state index is 14.2. The van der Waals surface area contributed by atoms with E-state index in [0.717, 1.165) is 0 Å². The predicted octanol–water partition coefficient (Wildman–Crippen LogP) is 3.03. The molecule has 0 saturated carbocycles. The molecule has 0 radical (unpaired) electrons. The number of carboxylic acids is 1. The SMILES string of the molecule is CCC(C)C(C(CC(=O)N1CCCC1C(OC)C(C)C(=O)N[C@@H](Cc1ccc(N)cc1)C(=O)O)OC)N(C)C(=O)C(NC(=O)C(C(C)C)N(C)C)C(C)C. The largest absolute Gasteiger partial charge is 0.480 e. The van der Waals surface area contributed by atoms with E-state index in [1.807, 2.05) is 60.5 Å². The molecule has 1 aliphatic rings. The molecule has 306 valence electrons. The molecule has 1 aliphatic heterocycles. The van der Waals surface area contributed by atoms with Crippen molar-refractivity contribution in [2.24, 2.45) is 23.7 Å². The molecule has 8 unspecified atom stereocenters. The Bertz CT molecular complexity index is 1380. The highest BCUT2D eigenvalue weighted by atomic mass is 16.5. The maximum Gasteiger partial charge on any atom is 0.326 e. The number of likely N-dealkylation sites (N-methyl/N-ethyl adjacent to an activating group) is 2. The number of methoxy groups -OCH3 is 2. The van der Waals surface area contributed by atoms with Crippen molar-refractivity contribution >= 4 is 35.3 Å². The van der Waals surface area contributed by atoms with Crippen molar-refractivity contribution in [1.82, 2.24) is 25.3 Å². The lowest BCUT2D eigenvalue weighted by molar-refractivity contribution is -0.148. The normalized spacial score (nSPS) is 19.1. The topological polar surface area (TPSA) is 184 Å². The van der Waals surface area contributed by atoms with E-state index in [1.165, 1.54) is 14.2 Å². The molecule has 0 aliphatic carbocycles. The number of hydrogen-bond acceptors (Lipinski definition) is 9. The second-order valence-electron chi connectivity index (χ2n) is 15.8. The molecule has 54 heavy (non-hydrogen) atoms. The second kappa shape index (κ2) is 21.4. The Morgan fingerprint density at radius 2 is 1.54 bits per heavy atom. The van der Waals surface area contributed by atoms with E-state index in [4.69, 9.17) is 15.2 Å². The molecule has 5 N–H and O–H groups in total. The summed E-state index contributed by atoms with van der Waals surface area (Å²) in [6.07, 6.45) is 0.698. The molecule has 0 spiro atoms. The highest BCUT2D eigenvalue weighted by Crippen LogP contribution is 2.30. The number of likely N-dealkylation sites (tertiary alicyclic amines) is 1. The van der Waals surface area contributed by atoms with Crippen molar-refractivity contribution in [1.29, 1.82) is 0 Å². The number of carbonyl (C=O) groups is 5. The standard InChI is InChI=1S/C40H68N6O8/c1-13-25(6)35(45(10)39(50)33(23(2)3)43-38(49)34(24(4)5)44(8)9)31(53-11)22-32(47)46-20-14-15-30(46)36(54-12)26(7)37(48)42-29(40(51)52)21-27-16-18-28(41)19-17-27/h16-19,23-26,29-31,33-36H,13-15,20-22,41H2,1-12H3,(H,42,48)(H,43,49)(H,51,52)/t25?,26?,29-,30?,31?,33?,34?,35?,36?/m0/s1. The van der Waals surface area contributed by atoms with E-state index >= 15 is 0 Å². The Morgan fingerprint density at radius 3 is 2.02 bits per heavy atom. The number of nitrogen functional groups attached to an aromatic ring is 1. The van der Waals surface area contributed by atoms with Gasteiger partial charge in [0.15, 0.2) is 0 Å². The van der Waals surface area contributed by atoms with Crippen LogP contribution in [0.3, 0.4) is 0 Å². The minimum atomic E-state index is -1.17. The minimum Gasteiger partial charge on any atom is -0.480 e. The molecule has 1 saturated heterocycles. The molecular weight excluding hydrogens is 692 g/mol. The molecule has 1 aromatic rings. The van der Waals surface area contributed by atoms with Crippen LogP contribution in [0.4, 0.5) is 5.69 Å². The number of nitrogens with one attached hydrogen (secondary N) is 2. The van der Waals surface area contributed by atoms with Crippen LogP contribution < -0.4 is 16.4 Å². The Kier molecular flexibility index (Phi) is 18.4. The molecule has 9 atom stereocenters. The van der Waals surface area contributed by atoms with E-state index in [-0.39, 0.29) is 48.3 Å². The minimum absolute atomic E-state index is 0.0198. The number of aliphatic carboxylic acids is 1. The van der Waals surface area contributed by atoms with Gasteiger partial charge in [-0.05, 0) is 62.4 Å². The van der Waals surface area contributed by atoms with Crippen molar-refractivity contribution in [3.8, 4) is 0 Å². The number of amides is 4. The van der Waals surface area contributed by atoms with E-state index < -0.39 is 60.2 Å². The van der Waals surface area contributed by atoms with Gasteiger partial charge in [-0.25, -0.2) is 4.79 Å². The summed E-state index contributed by atoms with van der Waals surface area (Å²) in [4.78, 5) is 72.6. The van der Waals surface area contributed by atoms with Crippen LogP contribution in [0.5, 0.6) is 0 Å². The van der Waals surface area contributed by atoms with Gasteiger partial charge in [-0.1, -0.05) is 67.0 Å². The van der Waals surface area contributed by atoms with Gasteiger partial charge in [-0.15, -0.1) is 0 Å². The maximum atomic E-state index is 14.2. The van der Waals surface area contributed by atoms with Crippen LogP contribution in [-0.4, -0.2) is 134 Å². The van der Waals surface area contributed by atoms with Gasteiger partial charge in [-0.3, -0.25) is 24.1 Å². The number of ether oxygens (including phenoxy) is 2. The Hall–Kier alpha value is -3.75. The first-order valence-electron chi connectivity index (χ1n) is 19.3. The highest BCUT2D eigenvalue weighted by Gasteiger charge is 2.43. The van der Waals surface area contributed by atoms with Crippen LogP contribution >= 0.6 is 0 Å². The third-order valence-electron chi connectivity index (χ3n) is 11.0. The van der Waals surface area contributed by atoms with Crippen LogP contribution in [0.2, 0.25) is 0 Å². The van der Waals surface area contributed by atoms with Gasteiger partial charge in [0.05, 0.1) is 42.7 Å². The van der Waals surface area contributed by atoms with Gasteiger partial charge >= 0.3 is 5.97 Å². The number of rotatable bonds is 21. The Balaban J connectivity index is 2.27. The summed E-state index contributed by atoms with van der Waals surface area (Å²) in [5, 5.41) is 15.6. The molecule has 1 heterocycles. The van der Waals surface area contributed by atoms with Gasteiger partial charge in [0.1, 0.15) is 12.1 Å². The predicted molar refractivity (Wildman–Crippen MR) is 209 cm³/mol. The summed E-state index contributed by atoms with van der Waals surface area (Å²) in [6.45, 7) is 13.9. The van der Waals surface area contributed by atoms with Crippen molar-refractivity contribution in [2.45, 2.75) is 123 Å². The number of hydrogen-bond donors (Lipinski definition) is 4. The van der Waals surface area contributed by atoms with Crippen LogP contribution in [-0.2, 0) is 39.9 Å². The van der Waals surface area contributed by atoms with E-state index in [2.05, 4.69) is 10.6 Å². The van der Waals surface area contributed by atoms with Crippen molar-refractivity contribution in [2.75, 3.05) is 47.6 Å². The molecule has 2 rings (SSSR count). The van der Waals surface area contributed by atoms with Crippen molar-refractivity contribution in [3.05, 3.63) is 29.8 Å². The van der Waals surface area contributed by atoms with Crippen LogP contribution in [0.1, 0.15) is 79.7 Å². The van der Waals surface area contributed by atoms with Gasteiger partial charge < -0.3 is 40.7 Å². The average Bonchev–Trinajstić information content (AvgIpc) is 3.59. The summed E-state index contributed by atoms with van der Waals surface area (Å²) in [5.41, 5.74) is 7.03. The van der Waals surface area contributed by atoms with Gasteiger partial charge in [0.25, 0.3) is 0 Å². The fourth-order valence-corrected chi connectivity index (χ4v) is 7.80. The lowest BCUT2D eigenvalue weighted by Crippen LogP contribution is -2.59. The molecule has 1 aromatic carbocycles. The van der Waals surface area contributed by atoms with Crippen LogP contribution in [0, 0.1) is 23.7 Å². The quantitative estimate of drug-likeness (QED) is 0.136. The molecule has 0 aromatic heterocycles. The van der Waals surface area contributed by atoms with E-state index in [0.29, 0.717) is 37.1 Å². The van der Waals surface area contributed by atoms with Crippen molar-refractivity contribution < 1.29 is 38.6 Å². The summed E-state index contributed by atoms with van der Waals surface area (Å²) in [5.74, 6) is -3.32. The van der Waals surface area contributed by atoms with Crippen LogP contribution in [0.15, 0.2) is 24.3 Å². The third-order valence-corrected chi connectivity index (χ3v) is 11.0. The van der Waals surface area contributed by atoms with Gasteiger partial charge in [0.2, 0.25) is 23.6 Å². The summed E-state index contributed by atoms with van der Waals surface area (Å²) in [7, 11) is 8.42. The molecular formula is C40H68N6O8. The fraction of sp³-hybridized carbons (Fsp3) is 0.725. The molecule has 0 bridgehead atoms. The zero-order chi connectivity index (χ0) is 41.0. The van der Waals surface area contributed by atoms with E-state index in [1.54, 1.807) is 48.0 Å². The van der Waals surface area contributed by atoms with Gasteiger partial charge in [0, 0.05) is 39.9 Å². The monoisotopic (exact) mass is 761 g/mol. The number of nitrogens with zero attached hydrogens (tertiary/aromatic N) is 3. The number of carboxylic acid groups (broad SMARTS) is 1. The van der Waals surface area contributed by atoms with Crippen molar-refractivity contribution in [3.63, 3.8) is 0 Å². The van der Waals surface area contributed by atoms with Gasteiger partial charge in [-0.2, -0.15) is 0 Å². The molecule has 1 fully saturated rings. The Morgan fingerprint density at radius 1 is 0.926 bits per heavy atom. The second-order valence-corrected chi connectivity index (χ2v) is 15.8. The zero-order valence-electron chi connectivity index (χ0n) is 34.6. The Labute approximate surface area is 322 Å².